The predicted molar refractivity (Wildman–Crippen MR) is 42.0 cm³/mol. The van der Waals surface area contributed by atoms with E-state index in [1.54, 1.807) is 0 Å². The van der Waals surface area contributed by atoms with Crippen LogP contribution in [0.25, 0.3) is 0 Å². The molecule has 0 rings (SSSR count). The number of amides is 1. The standard InChI is InChI=1S/C7H15NO2.H2/c1-3-4-5-6-8-7(9)10-2;/h3-6H2,1-2H3,(H,8,9);1H. The van der Waals surface area contributed by atoms with E-state index in [0.29, 0.717) is 0 Å². The first kappa shape index (κ1) is 9.27. The Hall–Kier alpha value is -0.730. The third-order valence-electron chi connectivity index (χ3n) is 1.24. The van der Waals surface area contributed by atoms with Gasteiger partial charge in [0.25, 0.3) is 0 Å². The Morgan fingerprint density at radius 3 is 2.80 bits per heavy atom. The summed E-state index contributed by atoms with van der Waals surface area (Å²) < 4.78 is 4.38. The summed E-state index contributed by atoms with van der Waals surface area (Å²) in [4.78, 5) is 10.4. The maximum atomic E-state index is 10.4. The average Bonchev–Trinajstić information content (AvgIpc) is 1.98. The number of unbranched alkanes of at least 4 members (excludes halogenated alkanes) is 2. The maximum Gasteiger partial charge on any atom is 0.406 e. The van der Waals surface area contributed by atoms with Gasteiger partial charge < -0.3 is 10.1 Å². The zero-order valence-corrected chi connectivity index (χ0v) is 6.64. The second-order valence-electron chi connectivity index (χ2n) is 2.13. The molecule has 0 saturated heterocycles. The molecule has 0 unspecified atom stereocenters. The summed E-state index contributed by atoms with van der Waals surface area (Å²) in [6.45, 7) is 2.85. The number of rotatable bonds is 4. The molecule has 0 aliphatic carbocycles. The summed E-state index contributed by atoms with van der Waals surface area (Å²) in [7, 11) is 1.37. The van der Waals surface area contributed by atoms with Crippen molar-refractivity contribution in [2.24, 2.45) is 0 Å². The van der Waals surface area contributed by atoms with E-state index in [2.05, 4.69) is 17.0 Å². The molecule has 1 N–H and O–H groups in total. The van der Waals surface area contributed by atoms with Crippen LogP contribution in [-0.2, 0) is 4.74 Å². The molecule has 3 heteroatoms. The molecule has 0 atom stereocenters. The Bertz CT molecular complexity index is 98.4. The average molecular weight is 147 g/mol. The van der Waals surface area contributed by atoms with Gasteiger partial charge in [0.1, 0.15) is 0 Å². The van der Waals surface area contributed by atoms with Crippen molar-refractivity contribution in [2.75, 3.05) is 13.7 Å². The van der Waals surface area contributed by atoms with Crippen molar-refractivity contribution in [3.8, 4) is 0 Å². The van der Waals surface area contributed by atoms with Gasteiger partial charge in [-0.1, -0.05) is 19.8 Å². The monoisotopic (exact) mass is 147 g/mol. The van der Waals surface area contributed by atoms with E-state index in [0.717, 1.165) is 19.4 Å². The van der Waals surface area contributed by atoms with Gasteiger partial charge in [-0.25, -0.2) is 4.79 Å². The first-order valence-electron chi connectivity index (χ1n) is 3.63. The molecule has 0 aromatic carbocycles. The summed E-state index contributed by atoms with van der Waals surface area (Å²) in [5.74, 6) is 0. The van der Waals surface area contributed by atoms with Crippen molar-refractivity contribution in [1.82, 2.24) is 5.32 Å². The molecule has 3 nitrogen and oxygen atoms in total. The lowest BCUT2D eigenvalue weighted by Crippen LogP contribution is -2.23. The quantitative estimate of drug-likeness (QED) is 0.615. The molecular weight excluding hydrogens is 130 g/mol. The van der Waals surface area contributed by atoms with Gasteiger partial charge in [0.15, 0.2) is 0 Å². The largest absolute Gasteiger partial charge is 0.453 e. The van der Waals surface area contributed by atoms with Gasteiger partial charge >= 0.3 is 6.09 Å². The van der Waals surface area contributed by atoms with E-state index in [1.165, 1.54) is 13.5 Å². The highest BCUT2D eigenvalue weighted by Crippen LogP contribution is 1.90. The van der Waals surface area contributed by atoms with Crippen molar-refractivity contribution in [2.45, 2.75) is 26.2 Å². The Labute approximate surface area is 63.2 Å². The fourth-order valence-electron chi connectivity index (χ4n) is 0.638. The second-order valence-corrected chi connectivity index (χ2v) is 2.13. The number of hydrogen-bond acceptors (Lipinski definition) is 2. The minimum absolute atomic E-state index is 0. The van der Waals surface area contributed by atoms with Gasteiger partial charge in [0.05, 0.1) is 7.11 Å². The van der Waals surface area contributed by atoms with Gasteiger partial charge in [0, 0.05) is 7.97 Å². The Kier molecular flexibility index (Phi) is 5.92. The van der Waals surface area contributed by atoms with Gasteiger partial charge in [-0.2, -0.15) is 0 Å². The zero-order valence-electron chi connectivity index (χ0n) is 6.64. The van der Waals surface area contributed by atoms with Gasteiger partial charge in [-0.15, -0.1) is 0 Å². The highest BCUT2D eigenvalue weighted by atomic mass is 16.5. The molecule has 0 saturated carbocycles. The van der Waals surface area contributed by atoms with E-state index in [4.69, 9.17) is 0 Å². The minimum Gasteiger partial charge on any atom is -0.453 e. The van der Waals surface area contributed by atoms with Crippen LogP contribution in [0.3, 0.4) is 0 Å². The van der Waals surface area contributed by atoms with E-state index >= 15 is 0 Å². The third kappa shape index (κ3) is 5.41. The highest BCUT2D eigenvalue weighted by molar-refractivity contribution is 5.66. The van der Waals surface area contributed by atoms with Gasteiger partial charge in [-0.05, 0) is 6.42 Å². The molecule has 0 bridgehead atoms. The first-order valence-corrected chi connectivity index (χ1v) is 3.63. The van der Waals surface area contributed by atoms with Crippen LogP contribution < -0.4 is 5.32 Å². The van der Waals surface area contributed by atoms with Crippen molar-refractivity contribution >= 4 is 6.09 Å². The molecule has 0 aromatic heterocycles. The number of carbonyl (C=O) groups is 1. The number of hydrogen-bond donors (Lipinski definition) is 1. The van der Waals surface area contributed by atoms with Crippen LogP contribution >= 0.6 is 0 Å². The van der Waals surface area contributed by atoms with Crippen LogP contribution in [-0.4, -0.2) is 19.7 Å². The molecule has 0 radical (unpaired) electrons. The van der Waals surface area contributed by atoms with Crippen LogP contribution in [0.4, 0.5) is 4.79 Å². The van der Waals surface area contributed by atoms with E-state index in [1.807, 2.05) is 0 Å². The number of nitrogens with one attached hydrogen (secondary N) is 1. The fraction of sp³-hybridized carbons (Fsp3) is 0.857. The summed E-state index contributed by atoms with van der Waals surface area (Å²) in [6, 6.07) is 0. The zero-order chi connectivity index (χ0) is 7.82. The van der Waals surface area contributed by atoms with E-state index in [9.17, 15) is 4.79 Å². The molecule has 0 aliphatic heterocycles. The summed E-state index contributed by atoms with van der Waals surface area (Å²) >= 11 is 0. The number of carbonyl (C=O) groups excluding carboxylic acids is 1. The molecule has 0 heterocycles. The third-order valence-corrected chi connectivity index (χ3v) is 1.24. The normalized spacial score (nSPS) is 9.00. The smallest absolute Gasteiger partial charge is 0.406 e. The van der Waals surface area contributed by atoms with Crippen molar-refractivity contribution < 1.29 is 11.0 Å². The first-order chi connectivity index (χ1) is 4.81. The molecule has 62 valence electrons. The second kappa shape index (κ2) is 6.39. The Balaban J connectivity index is 0. The lowest BCUT2D eigenvalue weighted by molar-refractivity contribution is 0.171. The number of ether oxygens (including phenoxy) is 1. The fourth-order valence-corrected chi connectivity index (χ4v) is 0.638. The Morgan fingerprint density at radius 2 is 2.30 bits per heavy atom. The van der Waals surface area contributed by atoms with Crippen molar-refractivity contribution in [3.05, 3.63) is 0 Å². The van der Waals surface area contributed by atoms with Crippen LogP contribution in [0.2, 0.25) is 0 Å². The van der Waals surface area contributed by atoms with Crippen molar-refractivity contribution in [1.29, 1.82) is 0 Å². The molecule has 0 fully saturated rings. The summed E-state index contributed by atoms with van der Waals surface area (Å²) in [6.07, 6.45) is 3.02. The lowest BCUT2D eigenvalue weighted by atomic mass is 10.2. The lowest BCUT2D eigenvalue weighted by Gasteiger charge is -2.00. The summed E-state index contributed by atoms with van der Waals surface area (Å²) in [5, 5.41) is 2.61. The van der Waals surface area contributed by atoms with Gasteiger partial charge in [0.2, 0.25) is 0 Å². The Morgan fingerprint density at radius 1 is 1.60 bits per heavy atom. The van der Waals surface area contributed by atoms with Crippen LogP contribution in [0, 0.1) is 0 Å². The number of methoxy groups -OCH3 is 1. The molecule has 10 heavy (non-hydrogen) atoms. The maximum absolute atomic E-state index is 10.4. The highest BCUT2D eigenvalue weighted by Gasteiger charge is 1.94. The molecule has 0 aromatic rings. The van der Waals surface area contributed by atoms with Crippen LogP contribution in [0.5, 0.6) is 0 Å². The van der Waals surface area contributed by atoms with Gasteiger partial charge in [-0.3, -0.25) is 0 Å². The van der Waals surface area contributed by atoms with E-state index in [-0.39, 0.29) is 7.52 Å². The minimum atomic E-state index is -0.337. The summed E-state index contributed by atoms with van der Waals surface area (Å²) in [5.41, 5.74) is 0. The molecule has 0 aliphatic rings. The van der Waals surface area contributed by atoms with Crippen LogP contribution in [0.15, 0.2) is 0 Å². The number of alkyl carbamates (subject to hydrolysis) is 1. The SMILES string of the molecule is CCCCCNC(=O)OC.[HH]. The van der Waals surface area contributed by atoms with E-state index < -0.39 is 0 Å². The predicted octanol–water partition coefficient (Wildman–Crippen LogP) is 1.78. The molecule has 0 spiro atoms. The van der Waals surface area contributed by atoms with Crippen molar-refractivity contribution in [3.63, 3.8) is 0 Å². The molecular formula is C7H17NO2. The van der Waals surface area contributed by atoms with Crippen LogP contribution in [0.1, 0.15) is 27.6 Å². The molecule has 1 amide bonds. The topological polar surface area (TPSA) is 38.3 Å².